The molecule has 1 aliphatic carbocycles. The van der Waals surface area contributed by atoms with Gasteiger partial charge in [-0.3, -0.25) is 4.79 Å². The summed E-state index contributed by atoms with van der Waals surface area (Å²) >= 11 is 0. The molecule has 16 heavy (non-hydrogen) atoms. The summed E-state index contributed by atoms with van der Waals surface area (Å²) < 4.78 is 2.09. The van der Waals surface area contributed by atoms with Gasteiger partial charge in [-0.1, -0.05) is 24.3 Å². The van der Waals surface area contributed by atoms with Crippen LogP contribution >= 0.6 is 0 Å². The molecular formula is C14H13NO. The molecule has 0 saturated carbocycles. The zero-order valence-electron chi connectivity index (χ0n) is 9.18. The molecule has 3 rings (SSSR count). The van der Waals surface area contributed by atoms with Crippen LogP contribution in [0.4, 0.5) is 0 Å². The number of carbonyl (C=O) groups excluding carboxylic acids is 1. The number of ketones is 1. The second kappa shape index (κ2) is 3.34. The zero-order chi connectivity index (χ0) is 11.1. The highest BCUT2D eigenvalue weighted by Crippen LogP contribution is 2.32. The molecule has 1 aromatic carbocycles. The van der Waals surface area contributed by atoms with Crippen LogP contribution in [-0.2, 0) is 11.8 Å². The summed E-state index contributed by atoms with van der Waals surface area (Å²) in [4.78, 5) is 11.8. The lowest BCUT2D eigenvalue weighted by Gasteiger charge is -2.11. The molecule has 0 aliphatic heterocycles. The molecule has 1 heterocycles. The lowest BCUT2D eigenvalue weighted by Crippen LogP contribution is -2.06. The van der Waals surface area contributed by atoms with Crippen LogP contribution in [0.1, 0.15) is 17.9 Å². The smallest absolute Gasteiger partial charge is 0.163 e. The molecule has 0 fully saturated rings. The highest BCUT2D eigenvalue weighted by molar-refractivity contribution is 6.00. The van der Waals surface area contributed by atoms with Crippen molar-refractivity contribution >= 4 is 16.7 Å². The molecule has 0 radical (unpaired) electrons. The van der Waals surface area contributed by atoms with E-state index in [-0.39, 0.29) is 11.7 Å². The van der Waals surface area contributed by atoms with Crippen LogP contribution in [0.3, 0.4) is 0 Å². The molecule has 80 valence electrons. The Balaban J connectivity index is 2.23. The topological polar surface area (TPSA) is 22.0 Å². The van der Waals surface area contributed by atoms with Gasteiger partial charge in [-0.25, -0.2) is 0 Å². The van der Waals surface area contributed by atoms with Crippen molar-refractivity contribution in [1.82, 2.24) is 4.57 Å². The van der Waals surface area contributed by atoms with Gasteiger partial charge in [0.05, 0.1) is 11.4 Å². The zero-order valence-corrected chi connectivity index (χ0v) is 9.18. The van der Waals surface area contributed by atoms with E-state index in [1.807, 2.05) is 25.4 Å². The minimum absolute atomic E-state index is 0.0253. The fraction of sp³-hybridized carbons (Fsp3) is 0.214. The van der Waals surface area contributed by atoms with Crippen molar-refractivity contribution in [2.24, 2.45) is 7.05 Å². The number of benzene rings is 1. The Morgan fingerprint density at radius 3 is 2.94 bits per heavy atom. The summed E-state index contributed by atoms with van der Waals surface area (Å²) in [6.45, 7) is 0. The van der Waals surface area contributed by atoms with E-state index in [1.54, 1.807) is 6.08 Å². The van der Waals surface area contributed by atoms with Crippen LogP contribution < -0.4 is 0 Å². The Labute approximate surface area is 94.2 Å². The van der Waals surface area contributed by atoms with Gasteiger partial charge in [0.1, 0.15) is 0 Å². The van der Waals surface area contributed by atoms with E-state index in [9.17, 15) is 4.79 Å². The number of nitrogens with zero attached hydrogens (tertiary/aromatic N) is 1. The molecule has 1 aromatic heterocycles. The standard InChI is InChI=1S/C14H13NO/c1-15-9-8-10-4-2-6-12(14(10)15)11-5-3-7-13(11)16/h2-4,6-9,11H,5H2,1H3. The maximum atomic E-state index is 11.8. The van der Waals surface area contributed by atoms with Crippen LogP contribution in [-0.4, -0.2) is 10.4 Å². The van der Waals surface area contributed by atoms with Crippen molar-refractivity contribution in [2.45, 2.75) is 12.3 Å². The number of fused-ring (bicyclic) bond motifs is 1. The summed E-state index contributed by atoms with van der Waals surface area (Å²) in [6, 6.07) is 8.28. The first-order valence-corrected chi connectivity index (χ1v) is 5.52. The molecular weight excluding hydrogens is 198 g/mol. The van der Waals surface area contributed by atoms with Gasteiger partial charge in [0.15, 0.2) is 5.78 Å². The van der Waals surface area contributed by atoms with Gasteiger partial charge in [-0.05, 0) is 29.5 Å². The van der Waals surface area contributed by atoms with Gasteiger partial charge in [-0.2, -0.15) is 0 Å². The third-order valence-electron chi connectivity index (χ3n) is 3.30. The fourth-order valence-corrected chi connectivity index (χ4v) is 2.50. The summed E-state index contributed by atoms with van der Waals surface area (Å²) in [7, 11) is 2.03. The van der Waals surface area contributed by atoms with E-state index in [2.05, 4.69) is 22.8 Å². The number of aromatic nitrogens is 1. The van der Waals surface area contributed by atoms with Crippen molar-refractivity contribution in [1.29, 1.82) is 0 Å². The van der Waals surface area contributed by atoms with E-state index >= 15 is 0 Å². The summed E-state index contributed by atoms with van der Waals surface area (Å²) in [5.41, 5.74) is 2.34. The number of hydrogen-bond acceptors (Lipinski definition) is 1. The molecule has 2 nitrogen and oxygen atoms in total. The Bertz CT molecular complexity index is 592. The Hall–Kier alpha value is -1.83. The summed E-state index contributed by atoms with van der Waals surface area (Å²) in [6.07, 6.45) is 6.55. The van der Waals surface area contributed by atoms with E-state index in [0.29, 0.717) is 0 Å². The largest absolute Gasteiger partial charge is 0.350 e. The van der Waals surface area contributed by atoms with Gasteiger partial charge in [-0.15, -0.1) is 0 Å². The SMILES string of the molecule is Cn1ccc2cccc(C3CC=CC3=O)c21. The molecule has 1 aliphatic rings. The van der Waals surface area contributed by atoms with Crippen LogP contribution in [0.2, 0.25) is 0 Å². The molecule has 0 N–H and O–H groups in total. The highest BCUT2D eigenvalue weighted by atomic mass is 16.1. The number of para-hydroxylation sites is 1. The average Bonchev–Trinajstić information content (AvgIpc) is 2.86. The molecule has 0 amide bonds. The normalized spacial score (nSPS) is 19.8. The van der Waals surface area contributed by atoms with E-state index in [4.69, 9.17) is 0 Å². The van der Waals surface area contributed by atoms with Gasteiger partial charge in [0.25, 0.3) is 0 Å². The highest BCUT2D eigenvalue weighted by Gasteiger charge is 2.23. The quantitative estimate of drug-likeness (QED) is 0.711. The van der Waals surface area contributed by atoms with Gasteiger partial charge < -0.3 is 4.57 Å². The number of rotatable bonds is 1. The Morgan fingerprint density at radius 2 is 2.19 bits per heavy atom. The number of allylic oxidation sites excluding steroid dienone is 2. The number of aryl methyl sites for hydroxylation is 1. The van der Waals surface area contributed by atoms with E-state index < -0.39 is 0 Å². The van der Waals surface area contributed by atoms with Gasteiger partial charge in [0, 0.05) is 13.2 Å². The lowest BCUT2D eigenvalue weighted by molar-refractivity contribution is -0.115. The second-order valence-corrected chi connectivity index (χ2v) is 4.30. The maximum absolute atomic E-state index is 11.8. The van der Waals surface area contributed by atoms with Crippen molar-refractivity contribution in [3.8, 4) is 0 Å². The Morgan fingerprint density at radius 1 is 1.31 bits per heavy atom. The third kappa shape index (κ3) is 1.23. The van der Waals surface area contributed by atoms with Crippen LogP contribution in [0, 0.1) is 0 Å². The number of carbonyl (C=O) groups is 1. The van der Waals surface area contributed by atoms with Crippen molar-refractivity contribution < 1.29 is 4.79 Å². The monoisotopic (exact) mass is 211 g/mol. The molecule has 1 unspecified atom stereocenters. The van der Waals surface area contributed by atoms with Crippen molar-refractivity contribution in [3.05, 3.63) is 48.2 Å². The third-order valence-corrected chi connectivity index (χ3v) is 3.30. The maximum Gasteiger partial charge on any atom is 0.163 e. The van der Waals surface area contributed by atoms with Crippen LogP contribution in [0.15, 0.2) is 42.6 Å². The molecule has 1 atom stereocenters. The van der Waals surface area contributed by atoms with Crippen molar-refractivity contribution in [3.63, 3.8) is 0 Å². The Kier molecular flexibility index (Phi) is 1.96. The minimum atomic E-state index is 0.0253. The van der Waals surface area contributed by atoms with E-state index in [0.717, 1.165) is 12.0 Å². The second-order valence-electron chi connectivity index (χ2n) is 4.30. The van der Waals surface area contributed by atoms with Gasteiger partial charge >= 0.3 is 0 Å². The summed E-state index contributed by atoms with van der Waals surface area (Å²) in [5, 5.41) is 1.21. The minimum Gasteiger partial charge on any atom is -0.350 e. The average molecular weight is 211 g/mol. The van der Waals surface area contributed by atoms with Crippen LogP contribution in [0.25, 0.3) is 10.9 Å². The first-order valence-electron chi connectivity index (χ1n) is 5.52. The molecule has 2 aromatic rings. The molecule has 0 saturated heterocycles. The first-order chi connectivity index (χ1) is 7.77. The molecule has 0 spiro atoms. The predicted molar refractivity (Wildman–Crippen MR) is 64.4 cm³/mol. The van der Waals surface area contributed by atoms with Crippen LogP contribution in [0.5, 0.6) is 0 Å². The first kappa shape index (κ1) is 9.40. The van der Waals surface area contributed by atoms with Crippen molar-refractivity contribution in [2.75, 3.05) is 0 Å². The summed E-state index contributed by atoms with van der Waals surface area (Å²) in [5.74, 6) is 0.256. The lowest BCUT2D eigenvalue weighted by atomic mass is 9.94. The number of hydrogen-bond donors (Lipinski definition) is 0. The molecule has 0 bridgehead atoms. The fourth-order valence-electron chi connectivity index (χ4n) is 2.50. The molecule has 2 heteroatoms. The van der Waals surface area contributed by atoms with E-state index in [1.165, 1.54) is 10.9 Å². The predicted octanol–water partition coefficient (Wildman–Crippen LogP) is 2.79. The van der Waals surface area contributed by atoms with Gasteiger partial charge in [0.2, 0.25) is 0 Å².